The topological polar surface area (TPSA) is 38.3 Å². The molecule has 0 aliphatic rings. The van der Waals surface area contributed by atoms with Gasteiger partial charge >= 0.3 is 0 Å². The van der Waals surface area contributed by atoms with Crippen LogP contribution in [0.3, 0.4) is 0 Å². The van der Waals surface area contributed by atoms with Crippen LogP contribution >= 0.6 is 38.9 Å². The van der Waals surface area contributed by atoms with Gasteiger partial charge in [0.05, 0.1) is 4.34 Å². The van der Waals surface area contributed by atoms with Crippen molar-refractivity contribution in [3.05, 3.63) is 74.4 Å². The van der Waals surface area contributed by atoms with Crippen molar-refractivity contribution in [1.82, 2.24) is 4.57 Å². The Bertz CT molecular complexity index is 959. The molecule has 0 aliphatic heterocycles. The van der Waals surface area contributed by atoms with Gasteiger partial charge in [0.2, 0.25) is 6.33 Å². The van der Waals surface area contributed by atoms with Crippen molar-refractivity contribution >= 4 is 38.9 Å². The fourth-order valence-corrected chi connectivity index (χ4v) is 4.14. The number of aliphatic hydroxyl groups is 1. The van der Waals surface area contributed by atoms with Gasteiger partial charge in [-0.05, 0) is 36.8 Å². The number of aromatic nitrogens is 2. The number of thiophene rings is 1. The van der Waals surface area contributed by atoms with E-state index in [0.29, 0.717) is 19.7 Å². The standard InChI is InChI=1S/C21H21BrClN2O2S/c1-2-3-12-27-19(20-8-9-21(23)28-20)14-25-11-10-24(15-25)13-18(26)16-4-6-17(22)7-5-16/h4-11,15,18-19,26H,12-14H2,1H3/q+1. The van der Waals surface area contributed by atoms with Crippen LogP contribution in [0.2, 0.25) is 4.34 Å². The van der Waals surface area contributed by atoms with E-state index in [-0.39, 0.29) is 6.10 Å². The van der Waals surface area contributed by atoms with Gasteiger partial charge < -0.3 is 9.84 Å². The van der Waals surface area contributed by atoms with Crippen LogP contribution in [-0.2, 0) is 17.8 Å². The number of ether oxygens (including phenoxy) is 1. The number of aliphatic hydroxyl groups excluding tert-OH is 1. The molecule has 3 rings (SSSR count). The van der Waals surface area contributed by atoms with Crippen LogP contribution in [-0.4, -0.2) is 16.3 Å². The number of hydrogen-bond acceptors (Lipinski definition) is 3. The van der Waals surface area contributed by atoms with E-state index in [2.05, 4.69) is 27.8 Å². The highest BCUT2D eigenvalue weighted by molar-refractivity contribution is 9.10. The SMILES string of the molecule is CC#CCOC(Cn1cc[n+](CC(O)c2ccc(Br)cc2)c1)c1ccc(Cl)s1. The molecule has 0 amide bonds. The zero-order valence-corrected chi connectivity index (χ0v) is 18.5. The first kappa shape index (κ1) is 21.1. The van der Waals surface area contributed by atoms with Crippen molar-refractivity contribution in [3.63, 3.8) is 0 Å². The van der Waals surface area contributed by atoms with Gasteiger partial charge in [0, 0.05) is 9.35 Å². The molecule has 146 valence electrons. The molecule has 0 saturated heterocycles. The fourth-order valence-electron chi connectivity index (χ4n) is 2.78. The molecule has 28 heavy (non-hydrogen) atoms. The Morgan fingerprint density at radius 2 is 2.07 bits per heavy atom. The van der Waals surface area contributed by atoms with Gasteiger partial charge in [0.15, 0.2) is 0 Å². The molecular weight excluding hydrogens is 460 g/mol. The maximum absolute atomic E-state index is 10.5. The minimum Gasteiger partial charge on any atom is -0.384 e. The monoisotopic (exact) mass is 479 g/mol. The van der Waals surface area contributed by atoms with Crippen LogP contribution in [0.15, 0.2) is 59.6 Å². The van der Waals surface area contributed by atoms with E-state index >= 15 is 0 Å². The largest absolute Gasteiger partial charge is 0.384 e. The average Bonchev–Trinajstić information content (AvgIpc) is 3.30. The summed E-state index contributed by atoms with van der Waals surface area (Å²) in [6.45, 7) is 3.29. The van der Waals surface area contributed by atoms with Gasteiger partial charge in [-0.2, -0.15) is 0 Å². The minimum absolute atomic E-state index is 0.129. The van der Waals surface area contributed by atoms with Gasteiger partial charge in [-0.25, -0.2) is 9.13 Å². The van der Waals surface area contributed by atoms with E-state index in [9.17, 15) is 5.11 Å². The molecule has 2 atom stereocenters. The average molecular weight is 481 g/mol. The van der Waals surface area contributed by atoms with Crippen molar-refractivity contribution in [3.8, 4) is 11.8 Å². The lowest BCUT2D eigenvalue weighted by Gasteiger charge is -2.13. The van der Waals surface area contributed by atoms with Crippen molar-refractivity contribution in [1.29, 1.82) is 0 Å². The van der Waals surface area contributed by atoms with Gasteiger partial charge in [-0.15, -0.1) is 17.3 Å². The summed E-state index contributed by atoms with van der Waals surface area (Å²) in [4.78, 5) is 1.07. The van der Waals surface area contributed by atoms with Gasteiger partial charge in [-0.1, -0.05) is 45.6 Å². The summed E-state index contributed by atoms with van der Waals surface area (Å²) in [6.07, 6.45) is 5.20. The first-order valence-corrected chi connectivity index (χ1v) is 10.8. The van der Waals surface area contributed by atoms with Crippen LogP contribution < -0.4 is 4.57 Å². The van der Waals surface area contributed by atoms with Crippen LogP contribution in [0, 0.1) is 11.8 Å². The zero-order valence-electron chi connectivity index (χ0n) is 15.4. The Hall–Kier alpha value is -1.62. The van der Waals surface area contributed by atoms with E-state index < -0.39 is 6.10 Å². The van der Waals surface area contributed by atoms with Crippen molar-refractivity contribution in [2.24, 2.45) is 0 Å². The quantitative estimate of drug-likeness (QED) is 0.373. The number of hydrogen-bond donors (Lipinski definition) is 1. The first-order chi connectivity index (χ1) is 13.5. The van der Waals surface area contributed by atoms with Crippen molar-refractivity contribution in [2.75, 3.05) is 6.61 Å². The summed E-state index contributed by atoms with van der Waals surface area (Å²) >= 11 is 11.0. The maximum atomic E-state index is 10.5. The van der Waals surface area contributed by atoms with E-state index in [1.54, 1.807) is 6.92 Å². The summed E-state index contributed by atoms with van der Waals surface area (Å²) in [6, 6.07) is 11.6. The molecule has 2 unspecified atom stereocenters. The Kier molecular flexibility index (Phi) is 7.72. The Labute approximate surface area is 182 Å². The highest BCUT2D eigenvalue weighted by atomic mass is 79.9. The third-order valence-electron chi connectivity index (χ3n) is 4.21. The molecule has 1 N–H and O–H groups in total. The normalized spacial score (nSPS) is 13.0. The molecule has 7 heteroatoms. The second-order valence-electron chi connectivity index (χ2n) is 6.24. The number of rotatable bonds is 8. The highest BCUT2D eigenvalue weighted by Crippen LogP contribution is 2.30. The summed E-state index contributed by atoms with van der Waals surface area (Å²) < 4.78 is 11.7. The number of halogens is 2. The third kappa shape index (κ3) is 5.94. The first-order valence-electron chi connectivity index (χ1n) is 8.80. The van der Waals surface area contributed by atoms with Crippen molar-refractivity contribution in [2.45, 2.75) is 32.2 Å². The predicted octanol–water partition coefficient (Wildman–Crippen LogP) is 4.77. The Morgan fingerprint density at radius 1 is 1.29 bits per heavy atom. The zero-order chi connectivity index (χ0) is 19.9. The lowest BCUT2D eigenvalue weighted by molar-refractivity contribution is -0.704. The molecular formula is C21H21BrClN2O2S+. The second-order valence-corrected chi connectivity index (χ2v) is 8.91. The lowest BCUT2D eigenvalue weighted by Crippen LogP contribution is -2.34. The van der Waals surface area contributed by atoms with Gasteiger partial charge in [-0.3, -0.25) is 0 Å². The summed E-state index contributed by atoms with van der Waals surface area (Å²) in [7, 11) is 0. The number of imidazole rings is 1. The number of benzene rings is 1. The molecule has 1 aromatic carbocycles. The molecule has 0 bridgehead atoms. The molecule has 0 spiro atoms. The molecule has 0 saturated carbocycles. The molecule has 2 aromatic heterocycles. The van der Waals surface area contributed by atoms with Gasteiger partial charge in [0.25, 0.3) is 0 Å². The van der Waals surface area contributed by atoms with E-state index in [0.717, 1.165) is 19.2 Å². The molecule has 0 radical (unpaired) electrons. The van der Waals surface area contributed by atoms with E-state index in [4.69, 9.17) is 16.3 Å². The third-order valence-corrected chi connectivity index (χ3v) is 6.06. The summed E-state index contributed by atoms with van der Waals surface area (Å²) in [5.74, 6) is 5.79. The molecule has 0 fully saturated rings. The lowest BCUT2D eigenvalue weighted by atomic mass is 10.1. The highest BCUT2D eigenvalue weighted by Gasteiger charge is 2.19. The molecule has 2 heterocycles. The van der Waals surface area contributed by atoms with Crippen LogP contribution in [0.25, 0.3) is 0 Å². The Morgan fingerprint density at radius 3 is 2.75 bits per heavy atom. The van der Waals surface area contributed by atoms with Gasteiger partial charge in [0.1, 0.15) is 44.3 Å². The maximum Gasteiger partial charge on any atom is 0.243 e. The smallest absolute Gasteiger partial charge is 0.243 e. The molecule has 0 aliphatic carbocycles. The molecule has 3 aromatic rings. The fraction of sp³-hybridized carbons (Fsp3) is 0.286. The number of nitrogens with zero attached hydrogens (tertiary/aromatic N) is 2. The molecule has 4 nitrogen and oxygen atoms in total. The summed E-state index contributed by atoms with van der Waals surface area (Å²) in [5, 5.41) is 10.5. The van der Waals surface area contributed by atoms with Crippen LogP contribution in [0.5, 0.6) is 0 Å². The van der Waals surface area contributed by atoms with E-state index in [1.807, 2.05) is 64.3 Å². The minimum atomic E-state index is -0.572. The predicted molar refractivity (Wildman–Crippen MR) is 115 cm³/mol. The van der Waals surface area contributed by atoms with Crippen LogP contribution in [0.1, 0.15) is 29.6 Å². The second kappa shape index (κ2) is 10.2. The Balaban J connectivity index is 1.66. The van der Waals surface area contributed by atoms with Crippen molar-refractivity contribution < 1.29 is 14.4 Å². The van der Waals surface area contributed by atoms with Crippen LogP contribution in [0.4, 0.5) is 0 Å². The van der Waals surface area contributed by atoms with E-state index in [1.165, 1.54) is 11.3 Å². The summed E-state index contributed by atoms with van der Waals surface area (Å²) in [5.41, 5.74) is 0.885.